The Morgan fingerprint density at radius 2 is 1.67 bits per heavy atom. The van der Waals surface area contributed by atoms with Crippen molar-refractivity contribution in [2.45, 2.75) is 25.2 Å². The minimum absolute atomic E-state index is 0.275. The van der Waals surface area contributed by atoms with E-state index in [0.29, 0.717) is 23.3 Å². The van der Waals surface area contributed by atoms with Gasteiger partial charge < -0.3 is 18.9 Å². The summed E-state index contributed by atoms with van der Waals surface area (Å²) in [5.41, 5.74) is -3.02. The standard InChI is InChI=1S/C25H22N4O4/c1-4-19-24(15-28)22(29)33-25(19,16-9-6-5-7-10-16)32-21(23(24,13-26)14-27)17-11-8-12-18(30-2)20(17)31-3/h5-12,19,21,29H,4H2,1-3H3. The summed E-state index contributed by atoms with van der Waals surface area (Å²) in [6, 6.07) is 20.3. The van der Waals surface area contributed by atoms with Gasteiger partial charge in [-0.3, -0.25) is 5.41 Å². The zero-order valence-corrected chi connectivity index (χ0v) is 18.5. The summed E-state index contributed by atoms with van der Waals surface area (Å²) in [6.07, 6.45) is -0.944. The van der Waals surface area contributed by atoms with Crippen LogP contribution in [0.5, 0.6) is 11.5 Å². The van der Waals surface area contributed by atoms with Crippen molar-refractivity contribution in [1.82, 2.24) is 0 Å². The summed E-state index contributed by atoms with van der Waals surface area (Å²) >= 11 is 0. The van der Waals surface area contributed by atoms with Crippen LogP contribution in [0.4, 0.5) is 0 Å². The summed E-state index contributed by atoms with van der Waals surface area (Å²) < 4.78 is 23.6. The Balaban J connectivity index is 2.10. The molecular weight excluding hydrogens is 420 g/mol. The average molecular weight is 442 g/mol. The molecule has 33 heavy (non-hydrogen) atoms. The Morgan fingerprint density at radius 3 is 2.21 bits per heavy atom. The van der Waals surface area contributed by atoms with Gasteiger partial charge >= 0.3 is 0 Å². The first-order chi connectivity index (χ1) is 16.0. The lowest BCUT2D eigenvalue weighted by molar-refractivity contribution is -0.293. The second kappa shape index (κ2) is 7.81. The quantitative estimate of drug-likeness (QED) is 0.733. The molecule has 4 unspecified atom stereocenters. The molecule has 2 aromatic carbocycles. The molecule has 2 fully saturated rings. The Hall–Kier alpha value is -4.06. The minimum Gasteiger partial charge on any atom is -0.493 e. The highest BCUT2D eigenvalue weighted by atomic mass is 16.7. The Morgan fingerprint density at radius 1 is 0.970 bits per heavy atom. The Bertz CT molecular complexity index is 1210. The van der Waals surface area contributed by atoms with E-state index in [0.717, 1.165) is 0 Å². The number of hydrogen-bond donors (Lipinski definition) is 1. The van der Waals surface area contributed by atoms with Crippen molar-refractivity contribution >= 4 is 5.90 Å². The molecule has 0 aromatic heterocycles. The van der Waals surface area contributed by atoms with Crippen LogP contribution in [-0.2, 0) is 15.3 Å². The number of para-hydroxylation sites is 1. The fourth-order valence-corrected chi connectivity index (χ4v) is 5.30. The van der Waals surface area contributed by atoms with Crippen molar-refractivity contribution in [3.8, 4) is 29.7 Å². The number of rotatable bonds is 5. The van der Waals surface area contributed by atoms with Gasteiger partial charge in [0.05, 0.1) is 38.3 Å². The van der Waals surface area contributed by atoms with Crippen molar-refractivity contribution in [2.24, 2.45) is 16.7 Å². The topological polar surface area (TPSA) is 132 Å². The van der Waals surface area contributed by atoms with E-state index < -0.39 is 34.5 Å². The SMILES string of the molecule is CCC1C2(c3ccccc3)OC(=N)C1(C#N)C(C#N)(C#N)C(c1cccc(OC)c1OC)O2. The van der Waals surface area contributed by atoms with Crippen molar-refractivity contribution in [1.29, 1.82) is 21.2 Å². The lowest BCUT2D eigenvalue weighted by atomic mass is 9.52. The first-order valence-corrected chi connectivity index (χ1v) is 10.4. The van der Waals surface area contributed by atoms with Gasteiger partial charge in [0.15, 0.2) is 16.9 Å². The minimum atomic E-state index is -2.09. The molecular formula is C25H22N4O4. The van der Waals surface area contributed by atoms with Crippen LogP contribution in [0.1, 0.15) is 30.6 Å². The lowest BCUT2D eigenvalue weighted by Crippen LogP contribution is -2.58. The fraction of sp³-hybridized carbons (Fsp3) is 0.360. The molecule has 1 N–H and O–H groups in total. The molecule has 8 nitrogen and oxygen atoms in total. The van der Waals surface area contributed by atoms with Crippen molar-refractivity contribution < 1.29 is 18.9 Å². The van der Waals surface area contributed by atoms with E-state index >= 15 is 0 Å². The highest BCUT2D eigenvalue weighted by Crippen LogP contribution is 2.70. The maximum Gasteiger partial charge on any atom is 0.244 e. The highest BCUT2D eigenvalue weighted by molar-refractivity contribution is 5.89. The molecule has 2 aliphatic rings. The molecule has 2 saturated heterocycles. The number of hydrogen-bond acceptors (Lipinski definition) is 8. The molecule has 0 amide bonds. The molecule has 2 heterocycles. The van der Waals surface area contributed by atoms with Crippen LogP contribution >= 0.6 is 0 Å². The number of nitriles is 3. The molecule has 2 aliphatic heterocycles. The zero-order valence-electron chi connectivity index (χ0n) is 18.5. The monoisotopic (exact) mass is 442 g/mol. The van der Waals surface area contributed by atoms with Crippen LogP contribution < -0.4 is 9.47 Å². The fourth-order valence-electron chi connectivity index (χ4n) is 5.30. The van der Waals surface area contributed by atoms with Gasteiger partial charge in [0.1, 0.15) is 6.10 Å². The Labute approximate surface area is 192 Å². The smallest absolute Gasteiger partial charge is 0.244 e. The van der Waals surface area contributed by atoms with Crippen LogP contribution in [0.2, 0.25) is 0 Å². The van der Waals surface area contributed by atoms with Gasteiger partial charge in [-0.15, -0.1) is 0 Å². The van der Waals surface area contributed by atoms with E-state index in [-0.39, 0.29) is 5.75 Å². The highest BCUT2D eigenvalue weighted by Gasteiger charge is 2.80. The van der Waals surface area contributed by atoms with E-state index in [1.54, 1.807) is 42.5 Å². The van der Waals surface area contributed by atoms with Crippen LogP contribution in [0.3, 0.4) is 0 Å². The van der Waals surface area contributed by atoms with Crippen molar-refractivity contribution in [2.75, 3.05) is 14.2 Å². The molecule has 4 rings (SSSR count). The number of ether oxygens (including phenoxy) is 4. The van der Waals surface area contributed by atoms with Crippen molar-refractivity contribution in [3.63, 3.8) is 0 Å². The van der Waals surface area contributed by atoms with Crippen LogP contribution in [0.15, 0.2) is 48.5 Å². The second-order valence-electron chi connectivity index (χ2n) is 7.96. The third kappa shape index (κ3) is 2.55. The molecule has 0 aliphatic carbocycles. The molecule has 0 radical (unpaired) electrons. The van der Waals surface area contributed by atoms with Gasteiger partial charge in [0, 0.05) is 11.1 Å². The van der Waals surface area contributed by atoms with Gasteiger partial charge in [-0.25, -0.2) is 0 Å². The zero-order chi connectivity index (χ0) is 23.9. The van der Waals surface area contributed by atoms with Gasteiger partial charge in [-0.2, -0.15) is 15.8 Å². The normalized spacial score (nSPS) is 29.2. The van der Waals surface area contributed by atoms with E-state index in [1.807, 2.05) is 13.0 Å². The molecule has 0 saturated carbocycles. The number of fused-ring (bicyclic) bond motifs is 2. The predicted molar refractivity (Wildman–Crippen MR) is 116 cm³/mol. The van der Waals surface area contributed by atoms with Gasteiger partial charge in [0.25, 0.3) is 0 Å². The van der Waals surface area contributed by atoms with Gasteiger partial charge in [0.2, 0.25) is 17.1 Å². The lowest BCUT2D eigenvalue weighted by Gasteiger charge is -2.49. The van der Waals surface area contributed by atoms with E-state index in [9.17, 15) is 15.8 Å². The number of methoxy groups -OCH3 is 2. The number of nitrogens with zero attached hydrogens (tertiary/aromatic N) is 3. The molecule has 166 valence electrons. The summed E-state index contributed by atoms with van der Waals surface area (Å²) in [7, 11) is 2.92. The first kappa shape index (κ1) is 22.1. The average Bonchev–Trinajstić information content (AvgIpc) is 3.07. The second-order valence-corrected chi connectivity index (χ2v) is 7.96. The van der Waals surface area contributed by atoms with E-state index in [2.05, 4.69) is 18.2 Å². The van der Waals surface area contributed by atoms with E-state index in [1.165, 1.54) is 14.2 Å². The van der Waals surface area contributed by atoms with Crippen molar-refractivity contribution in [3.05, 3.63) is 59.7 Å². The molecule has 2 bridgehead atoms. The maximum atomic E-state index is 10.5. The summed E-state index contributed by atoms with van der Waals surface area (Å²) in [4.78, 5) is 0. The van der Waals surface area contributed by atoms with E-state index in [4.69, 9.17) is 24.4 Å². The number of benzene rings is 2. The molecule has 8 heteroatoms. The third-order valence-electron chi connectivity index (χ3n) is 6.73. The summed E-state index contributed by atoms with van der Waals surface area (Å²) in [6.45, 7) is 1.83. The molecule has 4 atom stereocenters. The molecule has 2 aromatic rings. The maximum absolute atomic E-state index is 10.5. The predicted octanol–water partition coefficient (Wildman–Crippen LogP) is 4.21. The summed E-state index contributed by atoms with van der Waals surface area (Å²) in [5, 5.41) is 40.1. The Kier molecular flexibility index (Phi) is 5.24. The van der Waals surface area contributed by atoms with Gasteiger partial charge in [-0.1, -0.05) is 49.4 Å². The molecule has 0 spiro atoms. The first-order valence-electron chi connectivity index (χ1n) is 10.4. The summed E-state index contributed by atoms with van der Waals surface area (Å²) in [5.74, 6) is -2.12. The largest absolute Gasteiger partial charge is 0.493 e. The third-order valence-corrected chi connectivity index (χ3v) is 6.73. The van der Waals surface area contributed by atoms with Crippen LogP contribution in [0, 0.1) is 56.2 Å². The van der Waals surface area contributed by atoms with Crippen LogP contribution in [-0.4, -0.2) is 20.1 Å². The van der Waals surface area contributed by atoms with Crippen LogP contribution in [0.25, 0.3) is 0 Å². The van der Waals surface area contributed by atoms with Gasteiger partial charge in [-0.05, 0) is 12.5 Å². The number of nitrogens with one attached hydrogen (secondary N) is 1.